The maximum atomic E-state index is 12.3. The molecule has 0 bridgehead atoms. The maximum absolute atomic E-state index is 12.3. The van der Waals surface area contributed by atoms with E-state index < -0.39 is 0 Å². The largest absolute Gasteiger partial charge is 0.508 e. The minimum atomic E-state index is -0.333. The van der Waals surface area contributed by atoms with Crippen molar-refractivity contribution in [2.24, 2.45) is 7.05 Å². The molecule has 0 aliphatic heterocycles. The van der Waals surface area contributed by atoms with Crippen LogP contribution >= 0.6 is 0 Å². The van der Waals surface area contributed by atoms with Gasteiger partial charge in [0.15, 0.2) is 0 Å². The number of hydrogen-bond donors (Lipinski definition) is 2. The van der Waals surface area contributed by atoms with E-state index in [1.165, 1.54) is 4.90 Å². The van der Waals surface area contributed by atoms with Gasteiger partial charge < -0.3 is 19.3 Å². The fourth-order valence-corrected chi connectivity index (χ4v) is 2.46. The molecule has 1 aromatic carbocycles. The number of aromatic hydroxyl groups is 1. The molecule has 0 aliphatic rings. The number of phenolic OH excluding ortho intramolecular Hbond substituents is 1. The van der Waals surface area contributed by atoms with Gasteiger partial charge in [-0.25, -0.2) is 4.79 Å². The second-order valence-corrected chi connectivity index (χ2v) is 5.19. The number of rotatable bonds is 4. The van der Waals surface area contributed by atoms with Crippen molar-refractivity contribution >= 4 is 16.9 Å². The van der Waals surface area contributed by atoms with Crippen molar-refractivity contribution in [3.63, 3.8) is 0 Å². The molecule has 0 aliphatic carbocycles. The van der Waals surface area contributed by atoms with E-state index in [9.17, 15) is 9.90 Å². The summed E-state index contributed by atoms with van der Waals surface area (Å²) in [5.74, 6) is -0.183. The van der Waals surface area contributed by atoms with Crippen molar-refractivity contribution in [2.45, 2.75) is 13.5 Å². The van der Waals surface area contributed by atoms with Crippen LogP contribution in [0.25, 0.3) is 10.9 Å². The fraction of sp³-hybridized carbons (Fsp3) is 0.400. The Morgan fingerprint density at radius 1 is 1.40 bits per heavy atom. The van der Waals surface area contributed by atoms with Crippen molar-refractivity contribution in [1.82, 2.24) is 4.57 Å². The van der Waals surface area contributed by atoms with Crippen molar-refractivity contribution in [2.75, 3.05) is 20.7 Å². The first-order valence-electron chi connectivity index (χ1n) is 6.72. The van der Waals surface area contributed by atoms with Crippen LogP contribution in [0, 0.1) is 0 Å². The van der Waals surface area contributed by atoms with Crippen molar-refractivity contribution in [3.05, 3.63) is 29.5 Å². The number of aromatic nitrogens is 1. The molecule has 0 saturated heterocycles. The van der Waals surface area contributed by atoms with Crippen LogP contribution < -0.4 is 4.90 Å². The SMILES string of the molecule is CCOC(=O)c1c(C[NH+](C)C)n(C)c2ccc(O)cc12. The number of phenols is 1. The summed E-state index contributed by atoms with van der Waals surface area (Å²) in [5.41, 5.74) is 2.40. The lowest BCUT2D eigenvalue weighted by molar-refractivity contribution is -0.873. The molecule has 5 heteroatoms. The average molecular weight is 277 g/mol. The predicted octanol–water partition coefficient (Wildman–Crippen LogP) is 0.705. The zero-order valence-corrected chi connectivity index (χ0v) is 12.4. The maximum Gasteiger partial charge on any atom is 0.340 e. The number of carbonyl (C=O) groups excluding carboxylic acids is 1. The van der Waals surface area contributed by atoms with Gasteiger partial charge in [-0.05, 0) is 25.1 Å². The summed E-state index contributed by atoms with van der Waals surface area (Å²) in [5, 5.41) is 10.4. The van der Waals surface area contributed by atoms with E-state index in [0.29, 0.717) is 18.7 Å². The Labute approximate surface area is 118 Å². The lowest BCUT2D eigenvalue weighted by Gasteiger charge is -2.10. The zero-order chi connectivity index (χ0) is 14.9. The van der Waals surface area contributed by atoms with Gasteiger partial charge in [0, 0.05) is 18.0 Å². The highest BCUT2D eigenvalue weighted by atomic mass is 16.5. The van der Waals surface area contributed by atoms with Gasteiger partial charge in [-0.1, -0.05) is 0 Å². The molecule has 2 aromatic rings. The summed E-state index contributed by atoms with van der Waals surface area (Å²) in [7, 11) is 5.99. The number of esters is 1. The second kappa shape index (κ2) is 5.54. The minimum absolute atomic E-state index is 0.150. The highest BCUT2D eigenvalue weighted by Gasteiger charge is 2.24. The number of fused-ring (bicyclic) bond motifs is 1. The van der Waals surface area contributed by atoms with Crippen LogP contribution in [0.4, 0.5) is 0 Å². The van der Waals surface area contributed by atoms with E-state index in [4.69, 9.17) is 4.74 Å². The summed E-state index contributed by atoms with van der Waals surface area (Å²) in [6.45, 7) is 2.83. The third kappa shape index (κ3) is 2.49. The molecular formula is C15H21N2O3+. The van der Waals surface area contributed by atoms with Crippen LogP contribution in [-0.4, -0.2) is 36.3 Å². The van der Waals surface area contributed by atoms with E-state index >= 15 is 0 Å². The molecule has 2 N–H and O–H groups in total. The molecule has 0 spiro atoms. The van der Waals surface area contributed by atoms with Gasteiger partial charge in [0.05, 0.1) is 32.0 Å². The highest BCUT2D eigenvalue weighted by molar-refractivity contribution is 6.06. The Balaban J connectivity index is 2.70. The smallest absolute Gasteiger partial charge is 0.340 e. The van der Waals surface area contributed by atoms with Gasteiger partial charge in [-0.15, -0.1) is 0 Å². The van der Waals surface area contributed by atoms with E-state index in [1.54, 1.807) is 19.1 Å². The third-order valence-electron chi connectivity index (χ3n) is 3.30. The number of benzene rings is 1. The summed E-state index contributed by atoms with van der Waals surface area (Å²) in [4.78, 5) is 13.5. The lowest BCUT2D eigenvalue weighted by atomic mass is 10.1. The van der Waals surface area contributed by atoms with Gasteiger partial charge in [-0.3, -0.25) is 0 Å². The van der Waals surface area contributed by atoms with Crippen LogP contribution in [0.15, 0.2) is 18.2 Å². The van der Waals surface area contributed by atoms with E-state index in [2.05, 4.69) is 0 Å². The molecule has 0 atom stereocenters. The van der Waals surface area contributed by atoms with Gasteiger partial charge in [0.1, 0.15) is 12.3 Å². The number of ether oxygens (including phenoxy) is 1. The number of aryl methyl sites for hydroxylation is 1. The molecule has 5 nitrogen and oxygen atoms in total. The molecular weight excluding hydrogens is 256 g/mol. The summed E-state index contributed by atoms with van der Waals surface area (Å²) >= 11 is 0. The Morgan fingerprint density at radius 2 is 2.10 bits per heavy atom. The van der Waals surface area contributed by atoms with Gasteiger partial charge in [0.2, 0.25) is 0 Å². The second-order valence-electron chi connectivity index (χ2n) is 5.19. The molecule has 1 aromatic heterocycles. The Kier molecular flexibility index (Phi) is 3.99. The van der Waals surface area contributed by atoms with E-state index in [1.807, 2.05) is 31.8 Å². The van der Waals surface area contributed by atoms with Gasteiger partial charge in [-0.2, -0.15) is 0 Å². The van der Waals surface area contributed by atoms with Crippen LogP contribution in [0.5, 0.6) is 5.75 Å². The quantitative estimate of drug-likeness (QED) is 0.809. The number of nitrogens with one attached hydrogen (secondary N) is 1. The number of nitrogens with zero attached hydrogens (tertiary/aromatic N) is 1. The Bertz CT molecular complexity index is 644. The molecule has 0 saturated carbocycles. The monoisotopic (exact) mass is 277 g/mol. The van der Waals surface area contributed by atoms with Crippen molar-refractivity contribution in [3.8, 4) is 5.75 Å². The molecule has 0 fully saturated rings. The first-order chi connectivity index (χ1) is 9.45. The van der Waals surface area contributed by atoms with Crippen LogP contribution in [0.1, 0.15) is 23.0 Å². The molecule has 1 heterocycles. The van der Waals surface area contributed by atoms with Gasteiger partial charge >= 0.3 is 5.97 Å². The molecule has 2 rings (SSSR count). The summed E-state index contributed by atoms with van der Waals surface area (Å²) < 4.78 is 7.16. The first kappa shape index (κ1) is 14.4. The minimum Gasteiger partial charge on any atom is -0.508 e. The normalized spacial score (nSPS) is 11.2. The molecule has 0 amide bonds. The Morgan fingerprint density at radius 3 is 2.70 bits per heavy atom. The van der Waals surface area contributed by atoms with Crippen LogP contribution in [-0.2, 0) is 18.3 Å². The topological polar surface area (TPSA) is 55.9 Å². The standard InChI is InChI=1S/C15H20N2O3/c1-5-20-15(19)14-11-8-10(18)6-7-12(11)17(4)13(14)9-16(2)3/h6-8,18H,5,9H2,1-4H3/p+1. The Hall–Kier alpha value is -2.01. The molecule has 20 heavy (non-hydrogen) atoms. The first-order valence-corrected chi connectivity index (χ1v) is 6.72. The number of carbonyl (C=O) groups is 1. The third-order valence-corrected chi connectivity index (χ3v) is 3.30. The summed E-state index contributed by atoms with van der Waals surface area (Å²) in [6.07, 6.45) is 0. The molecule has 0 unspecified atom stereocenters. The highest BCUT2D eigenvalue weighted by Crippen LogP contribution is 2.29. The van der Waals surface area contributed by atoms with Gasteiger partial charge in [0.25, 0.3) is 0 Å². The fourth-order valence-electron chi connectivity index (χ4n) is 2.46. The number of quaternary nitrogens is 1. The van der Waals surface area contributed by atoms with E-state index in [0.717, 1.165) is 16.6 Å². The molecule has 108 valence electrons. The predicted molar refractivity (Wildman–Crippen MR) is 77.1 cm³/mol. The lowest BCUT2D eigenvalue weighted by Crippen LogP contribution is -3.04. The van der Waals surface area contributed by atoms with Crippen molar-refractivity contribution in [1.29, 1.82) is 0 Å². The van der Waals surface area contributed by atoms with Crippen LogP contribution in [0.2, 0.25) is 0 Å². The van der Waals surface area contributed by atoms with Crippen LogP contribution in [0.3, 0.4) is 0 Å². The van der Waals surface area contributed by atoms with E-state index in [-0.39, 0.29) is 11.7 Å². The van der Waals surface area contributed by atoms with Crippen molar-refractivity contribution < 1.29 is 19.5 Å². The average Bonchev–Trinajstić information content (AvgIpc) is 2.62. The summed E-state index contributed by atoms with van der Waals surface area (Å²) in [6, 6.07) is 5.07. The number of hydrogen-bond acceptors (Lipinski definition) is 3. The zero-order valence-electron chi connectivity index (χ0n) is 12.4. The molecule has 0 radical (unpaired) electrons.